The second-order valence-corrected chi connectivity index (χ2v) is 11.3. The molecule has 1 aromatic heterocycles. The number of carbonyl (C=O) groups is 1. The Morgan fingerprint density at radius 2 is 1.95 bits per heavy atom. The average Bonchev–Trinajstić information content (AvgIpc) is 3.18. The second kappa shape index (κ2) is 12.0. The lowest BCUT2D eigenvalue weighted by Crippen LogP contribution is -2.51. The number of aromatic nitrogens is 1. The van der Waals surface area contributed by atoms with Crippen LogP contribution in [0.5, 0.6) is 0 Å². The molecule has 8 heteroatoms. The number of fused-ring (bicyclic) bond motifs is 1. The van der Waals surface area contributed by atoms with E-state index in [9.17, 15) is 18.4 Å². The van der Waals surface area contributed by atoms with Crippen LogP contribution in [0.4, 0.5) is 8.78 Å². The molecule has 0 unspecified atom stereocenters. The fraction of sp³-hybridized carbons (Fsp3) is 0.438. The zero-order chi connectivity index (χ0) is 29.1. The van der Waals surface area contributed by atoms with Gasteiger partial charge in [0.2, 0.25) is 5.56 Å². The van der Waals surface area contributed by atoms with Crippen molar-refractivity contribution in [2.45, 2.75) is 70.8 Å². The van der Waals surface area contributed by atoms with Gasteiger partial charge in [0.05, 0.1) is 23.9 Å². The molecule has 1 saturated heterocycles. The third-order valence-corrected chi connectivity index (χ3v) is 7.27. The topological polar surface area (TPSA) is 71.6 Å². The molecular weight excluding hydrogens is 514 g/mol. The third kappa shape index (κ3) is 6.85. The van der Waals surface area contributed by atoms with Gasteiger partial charge in [-0.15, -0.1) is 0 Å². The lowest BCUT2D eigenvalue weighted by Gasteiger charge is -2.43. The van der Waals surface area contributed by atoms with Gasteiger partial charge < -0.3 is 19.4 Å². The molecule has 1 N–H and O–H groups in total. The Morgan fingerprint density at radius 1 is 1.20 bits per heavy atom. The number of hydrogen-bond donors (Lipinski definition) is 1. The van der Waals surface area contributed by atoms with E-state index in [1.165, 1.54) is 30.7 Å². The van der Waals surface area contributed by atoms with Crippen molar-refractivity contribution in [2.24, 2.45) is 5.92 Å². The van der Waals surface area contributed by atoms with Crippen molar-refractivity contribution in [3.63, 3.8) is 0 Å². The van der Waals surface area contributed by atoms with Crippen LogP contribution in [-0.2, 0) is 21.9 Å². The molecule has 0 spiro atoms. The molecule has 0 bridgehead atoms. The lowest BCUT2D eigenvalue weighted by atomic mass is 9.82. The molecule has 2 aromatic rings. The standard InChI is InChI=1S/C24H29NO3.C8H9F2NO/c1-5-16-9-10-20-18(13-16)14-25(23(20)26)15-21-22(28-24(2,3)4)19(11-12-27-21)17-7-6-8-17;1-2-8(9,10)6-4-3-5-7(12)11-6/h5-10,13,19,21-22H,1,11-12,14-15H2,2-4H3;3-5H,2H2,1H3,(H,11,12)/t19-,21+,22+;/m0./s1. The van der Waals surface area contributed by atoms with Gasteiger partial charge in [-0.1, -0.05) is 49.9 Å². The van der Waals surface area contributed by atoms with Gasteiger partial charge in [0.15, 0.2) is 0 Å². The summed E-state index contributed by atoms with van der Waals surface area (Å²) in [6.07, 6.45) is 8.66. The van der Waals surface area contributed by atoms with Crippen LogP contribution in [0.1, 0.15) is 67.7 Å². The minimum absolute atomic E-state index is 0.0646. The van der Waals surface area contributed by atoms with Gasteiger partial charge in [0.25, 0.3) is 11.8 Å². The fourth-order valence-corrected chi connectivity index (χ4v) is 5.14. The van der Waals surface area contributed by atoms with E-state index >= 15 is 0 Å². The first kappa shape index (κ1) is 29.6. The molecule has 2 aliphatic heterocycles. The van der Waals surface area contributed by atoms with Crippen molar-refractivity contribution < 1.29 is 23.0 Å². The third-order valence-electron chi connectivity index (χ3n) is 7.27. The summed E-state index contributed by atoms with van der Waals surface area (Å²) in [5.41, 5.74) is 3.13. The molecular formula is C32H38F2N2O4. The van der Waals surface area contributed by atoms with Gasteiger partial charge in [-0.05, 0) is 62.1 Å². The number of amides is 1. The Morgan fingerprint density at radius 3 is 2.55 bits per heavy atom. The van der Waals surface area contributed by atoms with Crippen molar-refractivity contribution in [3.05, 3.63) is 99.5 Å². The molecule has 214 valence electrons. The Balaban J connectivity index is 0.000000259. The first-order chi connectivity index (χ1) is 18.9. The van der Waals surface area contributed by atoms with Crippen LogP contribution < -0.4 is 5.56 Å². The number of pyridine rings is 1. The number of halogens is 2. The minimum Gasteiger partial charge on any atom is -0.374 e. The van der Waals surface area contributed by atoms with E-state index in [4.69, 9.17) is 9.47 Å². The first-order valence-electron chi connectivity index (χ1n) is 13.7. The summed E-state index contributed by atoms with van der Waals surface area (Å²) in [6.45, 7) is 13.3. The average molecular weight is 553 g/mol. The minimum atomic E-state index is -2.93. The van der Waals surface area contributed by atoms with Gasteiger partial charge in [-0.3, -0.25) is 9.59 Å². The van der Waals surface area contributed by atoms with E-state index in [0.29, 0.717) is 25.6 Å². The van der Waals surface area contributed by atoms with Crippen molar-refractivity contribution in [1.29, 1.82) is 0 Å². The van der Waals surface area contributed by atoms with Crippen molar-refractivity contribution >= 4 is 12.0 Å². The van der Waals surface area contributed by atoms with Gasteiger partial charge in [0, 0.05) is 37.1 Å². The number of alkyl halides is 2. The van der Waals surface area contributed by atoms with Gasteiger partial charge >= 0.3 is 0 Å². The number of carbonyl (C=O) groups excluding carboxylic acids is 1. The van der Waals surface area contributed by atoms with E-state index in [-0.39, 0.29) is 35.8 Å². The molecule has 3 heterocycles. The van der Waals surface area contributed by atoms with E-state index in [1.807, 2.05) is 23.1 Å². The summed E-state index contributed by atoms with van der Waals surface area (Å²) in [5.74, 6) is -2.54. The Labute approximate surface area is 234 Å². The molecule has 3 atom stereocenters. The first-order valence-corrected chi connectivity index (χ1v) is 13.7. The highest BCUT2D eigenvalue weighted by molar-refractivity contribution is 5.98. The molecule has 1 aromatic carbocycles. The molecule has 40 heavy (non-hydrogen) atoms. The van der Waals surface area contributed by atoms with Crippen LogP contribution in [0, 0.1) is 5.92 Å². The molecule has 1 fully saturated rings. The Hall–Kier alpha value is -3.36. The van der Waals surface area contributed by atoms with E-state index in [1.54, 1.807) is 0 Å². The zero-order valence-electron chi connectivity index (χ0n) is 23.6. The monoisotopic (exact) mass is 552 g/mol. The summed E-state index contributed by atoms with van der Waals surface area (Å²) in [7, 11) is 0. The summed E-state index contributed by atoms with van der Waals surface area (Å²) in [5, 5.41) is 0. The van der Waals surface area contributed by atoms with Crippen LogP contribution in [0.25, 0.3) is 6.08 Å². The number of ether oxygens (including phenoxy) is 2. The van der Waals surface area contributed by atoms with E-state index < -0.39 is 11.5 Å². The highest BCUT2D eigenvalue weighted by atomic mass is 19.3. The van der Waals surface area contributed by atoms with Crippen LogP contribution in [0.3, 0.4) is 0 Å². The predicted molar refractivity (Wildman–Crippen MR) is 152 cm³/mol. The summed E-state index contributed by atoms with van der Waals surface area (Å²) in [4.78, 5) is 27.6. The number of nitrogens with one attached hydrogen (secondary N) is 1. The Kier molecular flexibility index (Phi) is 8.90. The molecule has 6 nitrogen and oxygen atoms in total. The number of hydrogen-bond acceptors (Lipinski definition) is 4. The molecule has 5 rings (SSSR count). The quantitative estimate of drug-likeness (QED) is 0.441. The summed E-state index contributed by atoms with van der Waals surface area (Å²) >= 11 is 0. The van der Waals surface area contributed by atoms with E-state index in [2.05, 4.69) is 56.6 Å². The molecule has 1 aliphatic carbocycles. The number of H-pyrrole nitrogens is 1. The maximum atomic E-state index is 12.9. The fourth-order valence-electron chi connectivity index (χ4n) is 5.14. The number of allylic oxidation sites excluding steroid dienone is 3. The number of aromatic amines is 1. The highest BCUT2D eigenvalue weighted by Crippen LogP contribution is 2.36. The summed E-state index contributed by atoms with van der Waals surface area (Å²) in [6, 6.07) is 9.64. The van der Waals surface area contributed by atoms with Crippen molar-refractivity contribution in [2.75, 3.05) is 13.2 Å². The predicted octanol–water partition coefficient (Wildman–Crippen LogP) is 6.25. The number of rotatable bonds is 7. The van der Waals surface area contributed by atoms with Crippen LogP contribution in [0.15, 0.2) is 71.6 Å². The van der Waals surface area contributed by atoms with Gasteiger partial charge in [-0.2, -0.15) is 8.78 Å². The molecule has 0 radical (unpaired) electrons. The van der Waals surface area contributed by atoms with Crippen LogP contribution in [0.2, 0.25) is 0 Å². The normalized spacial score (nSPS) is 22.1. The number of nitrogens with zero attached hydrogens (tertiary/aromatic N) is 1. The van der Waals surface area contributed by atoms with Crippen molar-refractivity contribution in [1.82, 2.24) is 9.88 Å². The van der Waals surface area contributed by atoms with Crippen LogP contribution in [-0.4, -0.2) is 46.8 Å². The van der Waals surface area contributed by atoms with E-state index in [0.717, 1.165) is 23.1 Å². The van der Waals surface area contributed by atoms with Crippen LogP contribution >= 0.6 is 0 Å². The zero-order valence-corrected chi connectivity index (χ0v) is 23.6. The van der Waals surface area contributed by atoms with Gasteiger partial charge in [-0.25, -0.2) is 0 Å². The molecule has 0 saturated carbocycles. The maximum absolute atomic E-state index is 12.9. The van der Waals surface area contributed by atoms with Crippen molar-refractivity contribution in [3.8, 4) is 0 Å². The number of benzene rings is 1. The highest BCUT2D eigenvalue weighted by Gasteiger charge is 2.41. The van der Waals surface area contributed by atoms with Gasteiger partial charge in [0.1, 0.15) is 6.10 Å². The molecule has 3 aliphatic rings. The second-order valence-electron chi connectivity index (χ2n) is 11.3. The lowest BCUT2D eigenvalue weighted by molar-refractivity contribution is -0.173. The maximum Gasteiger partial charge on any atom is 0.287 e. The summed E-state index contributed by atoms with van der Waals surface area (Å²) < 4.78 is 38.4. The smallest absolute Gasteiger partial charge is 0.287 e. The SMILES string of the molecule is C=Cc1ccc2c(c1)CN(C[C@H]1OCC[C@@H](C3=CC=C3)[C@H]1OC(C)(C)C)C2=O.CCC(F)(F)c1cccc(=O)[nH]1. The Bertz CT molecular complexity index is 1360. The molecule has 1 amide bonds. The largest absolute Gasteiger partial charge is 0.374 e.